The lowest BCUT2D eigenvalue weighted by atomic mass is 9.97. The molecule has 1 saturated heterocycles. The first-order valence-electron chi connectivity index (χ1n) is 8.36. The van der Waals surface area contributed by atoms with E-state index in [4.69, 9.17) is 4.74 Å². The van der Waals surface area contributed by atoms with E-state index in [9.17, 15) is 24.6 Å². The van der Waals surface area contributed by atoms with Crippen molar-refractivity contribution < 1.29 is 19.7 Å². The highest BCUT2D eigenvalue weighted by Crippen LogP contribution is 2.17. The van der Waals surface area contributed by atoms with Crippen molar-refractivity contribution in [1.82, 2.24) is 19.9 Å². The van der Waals surface area contributed by atoms with Crippen molar-refractivity contribution >= 4 is 5.91 Å². The molecule has 0 saturated carbocycles. The molecule has 0 bridgehead atoms. The van der Waals surface area contributed by atoms with Gasteiger partial charge in [-0.05, 0) is 18.6 Å². The number of aliphatic hydroxyl groups is 2. The molecule has 0 aliphatic carbocycles. The Morgan fingerprint density at radius 1 is 1.33 bits per heavy atom. The Hall–Kier alpha value is -2.82. The van der Waals surface area contributed by atoms with Crippen molar-refractivity contribution in [1.29, 1.82) is 0 Å². The number of aromatic nitrogens is 3. The summed E-state index contributed by atoms with van der Waals surface area (Å²) in [6, 6.07) is 3.63. The fraction of sp³-hybridized carbons (Fsp3) is 0.412. The van der Waals surface area contributed by atoms with Gasteiger partial charge in [0.25, 0.3) is 11.5 Å². The molecular weight excluding hydrogens is 356 g/mol. The van der Waals surface area contributed by atoms with Crippen LogP contribution in [0.25, 0.3) is 0 Å². The van der Waals surface area contributed by atoms with Gasteiger partial charge in [-0.3, -0.25) is 24.1 Å². The fourth-order valence-electron chi connectivity index (χ4n) is 2.80. The third-order valence-corrected chi connectivity index (χ3v) is 4.37. The van der Waals surface area contributed by atoms with Gasteiger partial charge in [-0.2, -0.15) is 0 Å². The molecule has 10 nitrogen and oxygen atoms in total. The minimum atomic E-state index is -1.34. The van der Waals surface area contributed by atoms with Gasteiger partial charge in [-0.25, -0.2) is 4.79 Å². The van der Waals surface area contributed by atoms with Crippen molar-refractivity contribution in [3.05, 3.63) is 62.7 Å². The summed E-state index contributed by atoms with van der Waals surface area (Å²) in [4.78, 5) is 41.2. The SMILES string of the molecule is Cc1ccc(C(=O)N[C@@H]2CO[C@H](Cn3ccc(=O)[nH]c3=O)[C@@H](O)[C@H]2O)nc1. The number of nitrogens with zero attached hydrogens (tertiary/aromatic N) is 2. The highest BCUT2D eigenvalue weighted by Gasteiger charge is 2.39. The summed E-state index contributed by atoms with van der Waals surface area (Å²) in [5.41, 5.74) is -0.0879. The van der Waals surface area contributed by atoms with Crippen molar-refractivity contribution in [3.63, 3.8) is 0 Å². The minimum absolute atomic E-state index is 0.0569. The maximum absolute atomic E-state index is 12.2. The first kappa shape index (κ1) is 19.0. The van der Waals surface area contributed by atoms with Crippen LogP contribution in [-0.4, -0.2) is 61.6 Å². The maximum atomic E-state index is 12.2. The van der Waals surface area contributed by atoms with Crippen LogP contribution < -0.4 is 16.6 Å². The van der Waals surface area contributed by atoms with Crippen LogP contribution in [0.2, 0.25) is 0 Å². The van der Waals surface area contributed by atoms with E-state index in [0.29, 0.717) is 0 Å². The average molecular weight is 376 g/mol. The Morgan fingerprint density at radius 2 is 2.11 bits per heavy atom. The number of ether oxygens (including phenoxy) is 1. The molecule has 0 aromatic carbocycles. The lowest BCUT2D eigenvalue weighted by Crippen LogP contribution is -2.60. The van der Waals surface area contributed by atoms with Crippen LogP contribution in [0.1, 0.15) is 16.1 Å². The summed E-state index contributed by atoms with van der Waals surface area (Å²) >= 11 is 0. The van der Waals surface area contributed by atoms with Gasteiger partial charge in [-0.15, -0.1) is 0 Å². The normalized spacial score (nSPS) is 25.1. The van der Waals surface area contributed by atoms with E-state index in [1.807, 2.05) is 6.92 Å². The third kappa shape index (κ3) is 4.30. The van der Waals surface area contributed by atoms with E-state index in [2.05, 4.69) is 15.3 Å². The van der Waals surface area contributed by atoms with Crippen LogP contribution >= 0.6 is 0 Å². The summed E-state index contributed by atoms with van der Waals surface area (Å²) < 4.78 is 6.69. The van der Waals surface area contributed by atoms with Crippen LogP contribution in [0.15, 0.2) is 40.2 Å². The molecule has 1 fully saturated rings. The van der Waals surface area contributed by atoms with Gasteiger partial charge in [0.1, 0.15) is 24.0 Å². The summed E-state index contributed by atoms with van der Waals surface area (Å²) in [6.45, 7) is 1.73. The lowest BCUT2D eigenvalue weighted by molar-refractivity contribution is -0.152. The number of carbonyl (C=O) groups is 1. The molecule has 0 spiro atoms. The van der Waals surface area contributed by atoms with Gasteiger partial charge < -0.3 is 20.3 Å². The van der Waals surface area contributed by atoms with Gasteiger partial charge in [0.05, 0.1) is 19.2 Å². The Bertz CT molecular complexity index is 922. The smallest absolute Gasteiger partial charge is 0.328 e. The van der Waals surface area contributed by atoms with Crippen LogP contribution in [0, 0.1) is 6.92 Å². The predicted molar refractivity (Wildman–Crippen MR) is 93.3 cm³/mol. The summed E-state index contributed by atoms with van der Waals surface area (Å²) in [5.74, 6) is -0.495. The van der Waals surface area contributed by atoms with Gasteiger partial charge in [0, 0.05) is 18.5 Å². The Morgan fingerprint density at radius 3 is 2.78 bits per heavy atom. The molecule has 3 rings (SSSR count). The number of pyridine rings is 1. The number of aromatic amines is 1. The molecule has 144 valence electrons. The second kappa shape index (κ2) is 7.82. The molecule has 1 amide bonds. The van der Waals surface area contributed by atoms with Crippen LogP contribution in [0.4, 0.5) is 0 Å². The molecule has 4 N–H and O–H groups in total. The second-order valence-electron chi connectivity index (χ2n) is 6.42. The third-order valence-electron chi connectivity index (χ3n) is 4.37. The Kier molecular flexibility index (Phi) is 5.49. The van der Waals surface area contributed by atoms with Crippen LogP contribution in [-0.2, 0) is 11.3 Å². The fourth-order valence-corrected chi connectivity index (χ4v) is 2.80. The van der Waals surface area contributed by atoms with Gasteiger partial charge >= 0.3 is 5.69 Å². The highest BCUT2D eigenvalue weighted by atomic mass is 16.5. The van der Waals surface area contributed by atoms with Gasteiger partial charge in [0.15, 0.2) is 0 Å². The average Bonchev–Trinajstić information content (AvgIpc) is 2.63. The zero-order valence-electron chi connectivity index (χ0n) is 14.5. The number of amides is 1. The standard InChI is InChI=1S/C17H20N4O6/c1-9-2-3-10(18-6-9)16(25)19-11-8-27-12(15(24)14(11)23)7-21-5-4-13(22)20-17(21)26/h2-6,11-12,14-15,23-24H,7-8H2,1H3,(H,19,25)(H,20,22,26)/t11-,12-,14+,15-/m1/s1. The number of hydrogen-bond donors (Lipinski definition) is 4. The molecule has 27 heavy (non-hydrogen) atoms. The summed E-state index contributed by atoms with van der Waals surface area (Å²) in [7, 11) is 0. The number of aryl methyl sites for hydroxylation is 1. The zero-order valence-corrected chi connectivity index (χ0v) is 14.5. The molecule has 1 aliphatic heterocycles. The molecule has 0 radical (unpaired) electrons. The van der Waals surface area contributed by atoms with E-state index in [0.717, 1.165) is 10.1 Å². The Balaban J connectivity index is 1.64. The van der Waals surface area contributed by atoms with Gasteiger partial charge in [0.2, 0.25) is 0 Å². The molecule has 2 aromatic heterocycles. The molecule has 3 heterocycles. The van der Waals surface area contributed by atoms with E-state index < -0.39 is 41.5 Å². The first-order chi connectivity index (χ1) is 12.8. The van der Waals surface area contributed by atoms with Crippen molar-refractivity contribution in [2.75, 3.05) is 6.61 Å². The van der Waals surface area contributed by atoms with Gasteiger partial charge in [-0.1, -0.05) is 6.07 Å². The second-order valence-corrected chi connectivity index (χ2v) is 6.42. The summed E-state index contributed by atoms with van der Waals surface area (Å²) in [6.07, 6.45) is -0.685. The van der Waals surface area contributed by atoms with Crippen molar-refractivity contribution in [2.24, 2.45) is 0 Å². The molecule has 1 aliphatic rings. The number of nitrogens with one attached hydrogen (secondary N) is 2. The largest absolute Gasteiger partial charge is 0.388 e. The number of H-pyrrole nitrogens is 1. The maximum Gasteiger partial charge on any atom is 0.328 e. The highest BCUT2D eigenvalue weighted by molar-refractivity contribution is 5.92. The van der Waals surface area contributed by atoms with E-state index in [-0.39, 0.29) is 18.8 Å². The van der Waals surface area contributed by atoms with Crippen LogP contribution in [0.3, 0.4) is 0 Å². The first-order valence-corrected chi connectivity index (χ1v) is 8.36. The molecule has 0 unspecified atom stereocenters. The van der Waals surface area contributed by atoms with Crippen molar-refractivity contribution in [2.45, 2.75) is 37.8 Å². The number of rotatable bonds is 4. The van der Waals surface area contributed by atoms with E-state index in [1.165, 1.54) is 12.3 Å². The topological polar surface area (TPSA) is 147 Å². The van der Waals surface area contributed by atoms with E-state index in [1.54, 1.807) is 18.3 Å². The lowest BCUT2D eigenvalue weighted by Gasteiger charge is -2.38. The molecule has 4 atom stereocenters. The monoisotopic (exact) mass is 376 g/mol. The molecular formula is C17H20N4O6. The predicted octanol–water partition coefficient (Wildman–Crippen LogP) is -1.84. The quantitative estimate of drug-likeness (QED) is 0.490. The Labute approximate surface area is 153 Å². The molecule has 2 aromatic rings. The number of aliphatic hydroxyl groups excluding tert-OH is 2. The van der Waals surface area contributed by atoms with E-state index >= 15 is 0 Å². The number of hydrogen-bond acceptors (Lipinski definition) is 7. The number of carbonyl (C=O) groups excluding carboxylic acids is 1. The molecule has 10 heteroatoms. The van der Waals surface area contributed by atoms with Crippen molar-refractivity contribution in [3.8, 4) is 0 Å². The summed E-state index contributed by atoms with van der Waals surface area (Å²) in [5, 5.41) is 23.2. The minimum Gasteiger partial charge on any atom is -0.388 e. The van der Waals surface area contributed by atoms with Crippen LogP contribution in [0.5, 0.6) is 0 Å². The zero-order chi connectivity index (χ0) is 19.6.